The molecule has 0 amide bonds. The Balaban J connectivity index is 1.16. The molecule has 13 rings (SSSR count). The van der Waals surface area contributed by atoms with Gasteiger partial charge in [0.15, 0.2) is 5.82 Å². The van der Waals surface area contributed by atoms with Gasteiger partial charge < -0.3 is 4.57 Å². The van der Waals surface area contributed by atoms with Crippen LogP contribution < -0.4 is 0 Å². The minimum atomic E-state index is -0.532. The normalized spacial score (nSPS) is 14.1. The van der Waals surface area contributed by atoms with Gasteiger partial charge in [-0.15, -0.1) is 11.3 Å². The van der Waals surface area contributed by atoms with Gasteiger partial charge in [0.1, 0.15) is 0 Å². The molecule has 0 spiro atoms. The smallest absolute Gasteiger partial charge is 0.240 e. The molecule has 0 aliphatic rings. The third kappa shape index (κ3) is 4.39. The number of benzene rings is 8. The van der Waals surface area contributed by atoms with Crippen LogP contribution in [0.5, 0.6) is 0 Å². The molecule has 0 bridgehead atoms. The standard InChI is InChI=1S/C51H30N6S/c1-8-23-41-33(16-1)34-17-2-9-24-42(34)56(41)50-52-49(53-51(54-50)57-43-25-10-3-18-35(43)36-19-4-11-26-44(36)57)31-14-13-15-32(30-31)55-40-22-7-5-20-37(40)38-28-29-46-47(48(38)55)39-21-6-12-27-45(39)58-46/h1-30H/i1D,2D,8D,9D,16D,17D,23D,24D. The van der Waals surface area contributed by atoms with Gasteiger partial charge in [-0.3, -0.25) is 9.13 Å². The minimum absolute atomic E-state index is 0.0657. The highest BCUT2D eigenvalue weighted by Crippen LogP contribution is 2.43. The van der Waals surface area contributed by atoms with Gasteiger partial charge in [-0.2, -0.15) is 15.0 Å². The summed E-state index contributed by atoms with van der Waals surface area (Å²) in [6.07, 6.45) is 0. The second-order valence-electron chi connectivity index (χ2n) is 14.2. The molecule has 0 aliphatic carbocycles. The van der Waals surface area contributed by atoms with E-state index in [0.29, 0.717) is 5.56 Å². The largest absolute Gasteiger partial charge is 0.309 e. The zero-order valence-electron chi connectivity index (χ0n) is 38.3. The molecule has 13 aromatic rings. The summed E-state index contributed by atoms with van der Waals surface area (Å²) >= 11 is 1.76. The van der Waals surface area contributed by atoms with E-state index in [1.54, 1.807) is 11.3 Å². The van der Waals surface area contributed by atoms with Crippen LogP contribution in [0.4, 0.5) is 0 Å². The number of thiophene rings is 1. The predicted octanol–water partition coefficient (Wildman–Crippen LogP) is 13.2. The molecule has 8 aromatic carbocycles. The van der Waals surface area contributed by atoms with Crippen LogP contribution in [0.25, 0.3) is 115 Å². The summed E-state index contributed by atoms with van der Waals surface area (Å²) in [5.74, 6) is 0.320. The fraction of sp³-hybridized carbons (Fsp3) is 0. The maximum atomic E-state index is 9.25. The maximum Gasteiger partial charge on any atom is 0.240 e. The molecule has 7 heteroatoms. The molecule has 0 unspecified atom stereocenters. The van der Waals surface area contributed by atoms with Crippen LogP contribution in [0, 0.1) is 0 Å². The van der Waals surface area contributed by atoms with E-state index in [-0.39, 0.29) is 39.5 Å². The van der Waals surface area contributed by atoms with Gasteiger partial charge in [-0.25, -0.2) is 0 Å². The zero-order chi connectivity index (χ0) is 44.9. The number of fused-ring (bicyclic) bond motifs is 13. The molecule has 0 atom stereocenters. The predicted molar refractivity (Wildman–Crippen MR) is 241 cm³/mol. The SMILES string of the molecule is [2H]c1c([2H])c([2H])c2c(c1[2H])c1c([2H])c([2H])c([2H])c([2H])c1n2-c1nc(-c2cccc(-n3c4ccccc4c4ccc5sc6ccccc6c5c43)c2)nc(-n2c3ccccc3c3ccccc32)n1. The fourth-order valence-corrected chi connectivity index (χ4v) is 9.87. The summed E-state index contributed by atoms with van der Waals surface area (Å²) in [6.45, 7) is 0. The first-order valence-electron chi connectivity index (χ1n) is 22.8. The Morgan fingerprint density at radius 1 is 0.414 bits per heavy atom. The summed E-state index contributed by atoms with van der Waals surface area (Å²) in [7, 11) is 0. The molecule has 5 aromatic heterocycles. The lowest BCUT2D eigenvalue weighted by Crippen LogP contribution is -2.10. The van der Waals surface area contributed by atoms with Crippen LogP contribution in [-0.2, 0) is 0 Å². The Morgan fingerprint density at radius 3 is 1.64 bits per heavy atom. The maximum absolute atomic E-state index is 9.25. The fourth-order valence-electron chi connectivity index (χ4n) is 8.76. The second kappa shape index (κ2) is 11.9. The van der Waals surface area contributed by atoms with E-state index in [9.17, 15) is 2.74 Å². The van der Waals surface area contributed by atoms with E-state index in [2.05, 4.69) is 65.2 Å². The molecule has 58 heavy (non-hydrogen) atoms. The molecule has 0 saturated carbocycles. The first-order valence-corrected chi connectivity index (χ1v) is 19.6. The number of nitrogens with zero attached hydrogens (tertiary/aromatic N) is 6. The van der Waals surface area contributed by atoms with Crippen LogP contribution in [0.15, 0.2) is 182 Å². The van der Waals surface area contributed by atoms with E-state index in [0.717, 1.165) is 54.7 Å². The topological polar surface area (TPSA) is 53.5 Å². The van der Waals surface area contributed by atoms with Gasteiger partial charge in [-0.1, -0.05) is 127 Å². The highest BCUT2D eigenvalue weighted by atomic mass is 32.1. The Labute approximate surface area is 346 Å². The van der Waals surface area contributed by atoms with Crippen molar-refractivity contribution in [3.8, 4) is 29.0 Å². The second-order valence-corrected chi connectivity index (χ2v) is 15.3. The molecule has 5 heterocycles. The summed E-state index contributed by atoms with van der Waals surface area (Å²) in [5, 5.41) is 6.33. The van der Waals surface area contributed by atoms with Gasteiger partial charge in [0.05, 0.1) is 44.1 Å². The molecule has 0 radical (unpaired) electrons. The first-order chi connectivity index (χ1) is 32.1. The first kappa shape index (κ1) is 24.8. The molecule has 0 N–H and O–H groups in total. The molecule has 6 nitrogen and oxygen atoms in total. The third-order valence-electron chi connectivity index (χ3n) is 11.2. The lowest BCUT2D eigenvalue weighted by atomic mass is 10.1. The van der Waals surface area contributed by atoms with Gasteiger partial charge in [0, 0.05) is 63.7 Å². The van der Waals surface area contributed by atoms with Crippen molar-refractivity contribution < 1.29 is 11.0 Å². The van der Waals surface area contributed by atoms with Crippen molar-refractivity contribution in [3.05, 3.63) is 182 Å². The van der Waals surface area contributed by atoms with Gasteiger partial charge in [-0.05, 0) is 54.5 Å². The van der Waals surface area contributed by atoms with E-state index in [1.165, 1.54) is 19.4 Å². The Bertz CT molecular complexity index is 4170. The van der Waals surface area contributed by atoms with Crippen LogP contribution in [0.1, 0.15) is 11.0 Å². The van der Waals surface area contributed by atoms with Gasteiger partial charge >= 0.3 is 0 Å². The van der Waals surface area contributed by atoms with Gasteiger partial charge in [0.2, 0.25) is 11.9 Å². The Hall–Kier alpha value is -7.61. The molecule has 0 fully saturated rings. The highest BCUT2D eigenvalue weighted by molar-refractivity contribution is 7.26. The minimum Gasteiger partial charge on any atom is -0.309 e. The third-order valence-corrected chi connectivity index (χ3v) is 12.3. The number of aromatic nitrogens is 6. The average Bonchev–Trinajstić information content (AvgIpc) is 4.10. The number of para-hydroxylation sites is 5. The average molecular weight is 767 g/mol. The van der Waals surface area contributed by atoms with E-state index < -0.39 is 48.3 Å². The summed E-state index contributed by atoms with van der Waals surface area (Å²) in [5.41, 5.74) is 4.98. The lowest BCUT2D eigenvalue weighted by molar-refractivity contribution is 0.892. The molecule has 270 valence electrons. The van der Waals surface area contributed by atoms with Crippen molar-refractivity contribution in [3.63, 3.8) is 0 Å². The van der Waals surface area contributed by atoms with Crippen LogP contribution in [-0.4, -0.2) is 28.7 Å². The van der Waals surface area contributed by atoms with Crippen molar-refractivity contribution in [2.45, 2.75) is 0 Å². The monoisotopic (exact) mass is 766 g/mol. The number of hydrogen-bond donors (Lipinski definition) is 0. The lowest BCUT2D eigenvalue weighted by Gasteiger charge is -2.14. The Kier molecular flexibility index (Phi) is 5.11. The molecular weight excluding hydrogens is 729 g/mol. The summed E-state index contributed by atoms with van der Waals surface area (Å²) < 4.78 is 79.3. The summed E-state index contributed by atoms with van der Waals surface area (Å²) in [6, 6.07) is 41.1. The van der Waals surface area contributed by atoms with Crippen LogP contribution >= 0.6 is 11.3 Å². The molecule has 0 aliphatic heterocycles. The van der Waals surface area contributed by atoms with Crippen molar-refractivity contribution in [1.29, 1.82) is 0 Å². The quantitative estimate of drug-likeness (QED) is 0.179. The molecule has 0 saturated heterocycles. The summed E-state index contributed by atoms with van der Waals surface area (Å²) in [4.78, 5) is 15.4. The highest BCUT2D eigenvalue weighted by Gasteiger charge is 2.22. The van der Waals surface area contributed by atoms with Crippen molar-refractivity contribution in [2.75, 3.05) is 0 Å². The van der Waals surface area contributed by atoms with Crippen molar-refractivity contribution >= 4 is 96.9 Å². The van der Waals surface area contributed by atoms with Gasteiger partial charge in [0.25, 0.3) is 0 Å². The zero-order valence-corrected chi connectivity index (χ0v) is 31.1. The van der Waals surface area contributed by atoms with Crippen molar-refractivity contribution in [1.82, 2.24) is 28.7 Å². The van der Waals surface area contributed by atoms with E-state index in [1.807, 2.05) is 77.4 Å². The van der Waals surface area contributed by atoms with E-state index in [4.69, 9.17) is 23.2 Å². The van der Waals surface area contributed by atoms with E-state index >= 15 is 0 Å². The Morgan fingerprint density at radius 2 is 0.966 bits per heavy atom. The van der Waals surface area contributed by atoms with Crippen LogP contribution in [0.3, 0.4) is 0 Å². The number of hydrogen-bond acceptors (Lipinski definition) is 4. The number of rotatable bonds is 4. The van der Waals surface area contributed by atoms with Crippen LogP contribution in [0.2, 0.25) is 0 Å². The van der Waals surface area contributed by atoms with Crippen molar-refractivity contribution in [2.24, 2.45) is 0 Å². The molecular formula is C51H30N6S.